The Bertz CT molecular complexity index is 438. The van der Waals surface area contributed by atoms with E-state index in [2.05, 4.69) is 5.32 Å². The molecule has 3 heteroatoms. The molecular formula is C15H19ClFN. The minimum atomic E-state index is -0.306. The molecule has 0 spiro atoms. The average Bonchev–Trinajstić information content (AvgIpc) is 2.83. The highest BCUT2D eigenvalue weighted by atomic mass is 35.5. The Morgan fingerprint density at radius 1 is 1.39 bits per heavy atom. The lowest BCUT2D eigenvalue weighted by Crippen LogP contribution is -2.31. The van der Waals surface area contributed by atoms with E-state index in [-0.39, 0.29) is 10.8 Å². The van der Waals surface area contributed by atoms with Gasteiger partial charge in [-0.15, -0.1) is 0 Å². The average molecular weight is 268 g/mol. The van der Waals surface area contributed by atoms with E-state index in [4.69, 9.17) is 11.6 Å². The van der Waals surface area contributed by atoms with Crippen LogP contribution in [-0.4, -0.2) is 13.1 Å². The third-order valence-electron chi connectivity index (χ3n) is 4.75. The highest BCUT2D eigenvalue weighted by Gasteiger charge is 2.55. The van der Waals surface area contributed by atoms with Crippen LogP contribution in [0.2, 0.25) is 5.02 Å². The number of hydrogen-bond donors (Lipinski definition) is 1. The van der Waals surface area contributed by atoms with E-state index in [1.807, 2.05) is 13.1 Å². The second-order valence-electron chi connectivity index (χ2n) is 5.68. The van der Waals surface area contributed by atoms with Gasteiger partial charge in [-0.25, -0.2) is 4.39 Å². The van der Waals surface area contributed by atoms with Crippen LogP contribution in [0.1, 0.15) is 24.8 Å². The first-order valence-electron chi connectivity index (χ1n) is 6.82. The molecule has 1 aromatic rings. The summed E-state index contributed by atoms with van der Waals surface area (Å²) >= 11 is 5.71. The highest BCUT2D eigenvalue weighted by molar-refractivity contribution is 6.30. The Morgan fingerprint density at radius 3 is 2.72 bits per heavy atom. The van der Waals surface area contributed by atoms with Gasteiger partial charge < -0.3 is 5.32 Å². The zero-order chi connectivity index (χ0) is 12.7. The summed E-state index contributed by atoms with van der Waals surface area (Å²) < 4.78 is 13.4. The van der Waals surface area contributed by atoms with Crippen LogP contribution in [0.4, 0.5) is 4.39 Å². The fourth-order valence-corrected chi connectivity index (χ4v) is 3.94. The van der Waals surface area contributed by atoms with Crippen LogP contribution in [0.15, 0.2) is 18.2 Å². The van der Waals surface area contributed by atoms with Gasteiger partial charge in [0.25, 0.3) is 0 Å². The Kier molecular flexibility index (Phi) is 3.33. The SMILES string of the molecule is CNC(Cc1ccc(Cl)c(F)c1)C1C2CCCC21. The molecule has 2 fully saturated rings. The number of nitrogens with one attached hydrogen (secondary N) is 1. The topological polar surface area (TPSA) is 12.0 Å². The van der Waals surface area contributed by atoms with Crippen molar-refractivity contribution in [1.82, 2.24) is 5.32 Å². The van der Waals surface area contributed by atoms with Crippen LogP contribution in [0.5, 0.6) is 0 Å². The molecule has 0 heterocycles. The summed E-state index contributed by atoms with van der Waals surface area (Å²) in [5.41, 5.74) is 1.04. The van der Waals surface area contributed by atoms with E-state index >= 15 is 0 Å². The van der Waals surface area contributed by atoms with E-state index in [1.54, 1.807) is 12.1 Å². The maximum Gasteiger partial charge on any atom is 0.142 e. The predicted molar refractivity (Wildman–Crippen MR) is 72.3 cm³/mol. The van der Waals surface area contributed by atoms with E-state index < -0.39 is 0 Å². The van der Waals surface area contributed by atoms with Crippen molar-refractivity contribution in [2.24, 2.45) is 17.8 Å². The fraction of sp³-hybridized carbons (Fsp3) is 0.600. The van der Waals surface area contributed by atoms with Gasteiger partial charge in [0.1, 0.15) is 5.82 Å². The zero-order valence-electron chi connectivity index (χ0n) is 10.6. The Hall–Kier alpha value is -0.600. The molecule has 2 aliphatic rings. The summed E-state index contributed by atoms with van der Waals surface area (Å²) in [6.45, 7) is 0. The molecule has 18 heavy (non-hydrogen) atoms. The lowest BCUT2D eigenvalue weighted by atomic mass is 9.97. The number of fused-ring (bicyclic) bond motifs is 1. The minimum absolute atomic E-state index is 0.211. The number of hydrogen-bond acceptors (Lipinski definition) is 1. The third kappa shape index (κ3) is 2.17. The number of benzene rings is 1. The molecule has 3 unspecified atom stereocenters. The van der Waals surface area contributed by atoms with Crippen LogP contribution < -0.4 is 5.32 Å². The molecule has 0 amide bonds. The first-order chi connectivity index (χ1) is 8.70. The van der Waals surface area contributed by atoms with E-state index in [0.717, 1.165) is 29.7 Å². The molecule has 0 radical (unpaired) electrons. The van der Waals surface area contributed by atoms with Gasteiger partial charge in [0.15, 0.2) is 0 Å². The van der Waals surface area contributed by atoms with Gasteiger partial charge in [0.2, 0.25) is 0 Å². The monoisotopic (exact) mass is 267 g/mol. The summed E-state index contributed by atoms with van der Waals surface area (Å²) in [6.07, 6.45) is 5.09. The zero-order valence-corrected chi connectivity index (χ0v) is 11.4. The van der Waals surface area contributed by atoms with Crippen molar-refractivity contribution < 1.29 is 4.39 Å². The summed E-state index contributed by atoms with van der Waals surface area (Å²) in [5.74, 6) is 2.36. The smallest absolute Gasteiger partial charge is 0.142 e. The maximum atomic E-state index is 13.4. The molecule has 3 atom stereocenters. The lowest BCUT2D eigenvalue weighted by Gasteiger charge is -2.18. The molecule has 1 aromatic carbocycles. The van der Waals surface area contributed by atoms with Gasteiger partial charge in [0, 0.05) is 6.04 Å². The maximum absolute atomic E-state index is 13.4. The van der Waals surface area contributed by atoms with E-state index in [9.17, 15) is 4.39 Å². The van der Waals surface area contributed by atoms with Gasteiger partial charge in [0.05, 0.1) is 5.02 Å². The standard InChI is InChI=1S/C15H19ClFN/c1-18-14(15-10-3-2-4-11(10)15)8-9-5-6-12(16)13(17)7-9/h5-7,10-11,14-15,18H,2-4,8H2,1H3. The van der Waals surface area contributed by atoms with E-state index in [1.165, 1.54) is 19.3 Å². The Labute approximate surface area is 113 Å². The number of halogens is 2. The van der Waals surface area contributed by atoms with Crippen molar-refractivity contribution in [1.29, 1.82) is 0 Å². The number of rotatable bonds is 4. The van der Waals surface area contributed by atoms with Crippen LogP contribution in [0.25, 0.3) is 0 Å². The Morgan fingerprint density at radius 2 is 2.11 bits per heavy atom. The van der Waals surface area contributed by atoms with Crippen molar-refractivity contribution in [3.05, 3.63) is 34.6 Å². The first kappa shape index (κ1) is 12.4. The predicted octanol–water partition coefficient (Wildman–Crippen LogP) is 3.66. The summed E-state index contributed by atoms with van der Waals surface area (Å²) in [5, 5.41) is 3.63. The van der Waals surface area contributed by atoms with Gasteiger partial charge in [-0.3, -0.25) is 0 Å². The van der Waals surface area contributed by atoms with Crippen molar-refractivity contribution >= 4 is 11.6 Å². The van der Waals surface area contributed by atoms with Crippen molar-refractivity contribution in [3.8, 4) is 0 Å². The molecule has 2 saturated carbocycles. The summed E-state index contributed by atoms with van der Waals surface area (Å²) in [7, 11) is 2.02. The molecule has 0 bridgehead atoms. The second kappa shape index (κ2) is 4.82. The third-order valence-corrected chi connectivity index (χ3v) is 5.05. The summed E-state index contributed by atoms with van der Waals surface area (Å²) in [4.78, 5) is 0. The van der Waals surface area contributed by atoms with Crippen LogP contribution in [-0.2, 0) is 6.42 Å². The van der Waals surface area contributed by atoms with Crippen molar-refractivity contribution in [2.45, 2.75) is 31.7 Å². The molecule has 1 nitrogen and oxygen atoms in total. The van der Waals surface area contributed by atoms with Crippen LogP contribution in [0.3, 0.4) is 0 Å². The van der Waals surface area contributed by atoms with Crippen molar-refractivity contribution in [3.63, 3.8) is 0 Å². The molecule has 98 valence electrons. The molecule has 1 N–H and O–H groups in total. The van der Waals surface area contributed by atoms with Gasteiger partial charge >= 0.3 is 0 Å². The first-order valence-corrected chi connectivity index (χ1v) is 7.19. The molecular weight excluding hydrogens is 249 g/mol. The Balaban J connectivity index is 1.68. The highest BCUT2D eigenvalue weighted by Crippen LogP contribution is 2.59. The quantitative estimate of drug-likeness (QED) is 0.878. The lowest BCUT2D eigenvalue weighted by molar-refractivity contribution is 0.428. The minimum Gasteiger partial charge on any atom is -0.316 e. The second-order valence-corrected chi connectivity index (χ2v) is 6.09. The molecule has 0 saturated heterocycles. The van der Waals surface area contributed by atoms with Crippen LogP contribution in [0, 0.1) is 23.6 Å². The number of likely N-dealkylation sites (N-methyl/N-ethyl adjacent to an activating group) is 1. The van der Waals surface area contributed by atoms with Gasteiger partial charge in [-0.05, 0) is 61.8 Å². The normalized spacial score (nSPS) is 31.2. The van der Waals surface area contributed by atoms with Gasteiger partial charge in [-0.2, -0.15) is 0 Å². The summed E-state index contributed by atoms with van der Waals surface area (Å²) in [6, 6.07) is 5.66. The van der Waals surface area contributed by atoms with Crippen molar-refractivity contribution in [2.75, 3.05) is 7.05 Å². The largest absolute Gasteiger partial charge is 0.316 e. The van der Waals surface area contributed by atoms with E-state index in [0.29, 0.717) is 6.04 Å². The van der Waals surface area contributed by atoms with Gasteiger partial charge in [-0.1, -0.05) is 24.1 Å². The molecule has 3 rings (SSSR count). The molecule has 0 aliphatic heterocycles. The molecule has 2 aliphatic carbocycles. The van der Waals surface area contributed by atoms with Crippen LogP contribution >= 0.6 is 11.6 Å². The molecule has 0 aromatic heterocycles. The fourth-order valence-electron chi connectivity index (χ4n) is 3.82.